The molecular formula is C14H11NO2S. The van der Waals surface area contributed by atoms with Gasteiger partial charge in [0.1, 0.15) is 0 Å². The number of carbonyl (C=O) groups excluding carboxylic acids is 2. The maximum absolute atomic E-state index is 11.2. The monoisotopic (exact) mass is 257 g/mol. The molecule has 1 aromatic heterocycles. The van der Waals surface area contributed by atoms with Gasteiger partial charge in [0.15, 0.2) is 6.29 Å². The lowest BCUT2D eigenvalue weighted by Crippen LogP contribution is -1.98. The molecule has 0 atom stereocenters. The van der Waals surface area contributed by atoms with Crippen LogP contribution < -0.4 is 0 Å². The Balaban J connectivity index is 1.86. The summed E-state index contributed by atoms with van der Waals surface area (Å²) in [7, 11) is 0. The summed E-state index contributed by atoms with van der Waals surface area (Å²) >= 11 is 1.70. The van der Waals surface area contributed by atoms with Gasteiger partial charge in [-0.1, -0.05) is 24.3 Å². The van der Waals surface area contributed by atoms with E-state index in [2.05, 4.69) is 4.98 Å². The minimum Gasteiger partial charge on any atom is -0.294 e. The Kier molecular flexibility index (Phi) is 2.80. The van der Waals surface area contributed by atoms with Gasteiger partial charge in [-0.3, -0.25) is 9.59 Å². The van der Waals surface area contributed by atoms with Gasteiger partial charge >= 0.3 is 0 Å². The van der Waals surface area contributed by atoms with Crippen LogP contribution in [0.3, 0.4) is 0 Å². The van der Waals surface area contributed by atoms with Crippen LogP contribution in [0, 0.1) is 0 Å². The Labute approximate surface area is 108 Å². The lowest BCUT2D eigenvalue weighted by Gasteiger charge is -1.98. The minimum atomic E-state index is -0.488. The van der Waals surface area contributed by atoms with Crippen LogP contribution in [0.5, 0.6) is 0 Å². The van der Waals surface area contributed by atoms with Crippen LogP contribution in [0.15, 0.2) is 29.6 Å². The second kappa shape index (κ2) is 4.46. The van der Waals surface area contributed by atoms with Gasteiger partial charge in [0, 0.05) is 22.4 Å². The fourth-order valence-corrected chi connectivity index (χ4v) is 2.81. The van der Waals surface area contributed by atoms with Crippen LogP contribution >= 0.6 is 11.3 Å². The van der Waals surface area contributed by atoms with E-state index in [0.717, 1.165) is 11.3 Å². The van der Waals surface area contributed by atoms with Crippen molar-refractivity contribution < 1.29 is 9.59 Å². The molecule has 0 N–H and O–H groups in total. The van der Waals surface area contributed by atoms with Crippen molar-refractivity contribution in [1.82, 2.24) is 4.98 Å². The number of hydrogen-bond donors (Lipinski definition) is 0. The summed E-state index contributed by atoms with van der Waals surface area (Å²) in [4.78, 5) is 26.2. The van der Waals surface area contributed by atoms with Gasteiger partial charge < -0.3 is 0 Å². The molecule has 0 spiro atoms. The van der Waals surface area contributed by atoms with Crippen LogP contribution in [-0.4, -0.2) is 17.1 Å². The molecule has 1 heterocycles. The van der Waals surface area contributed by atoms with Crippen molar-refractivity contribution in [2.24, 2.45) is 0 Å². The highest BCUT2D eigenvalue weighted by atomic mass is 32.1. The highest BCUT2D eigenvalue weighted by Crippen LogP contribution is 2.42. The van der Waals surface area contributed by atoms with Crippen molar-refractivity contribution in [2.75, 3.05) is 0 Å². The second-order valence-corrected chi connectivity index (χ2v) is 5.29. The highest BCUT2D eigenvalue weighted by Gasteiger charge is 2.26. The molecule has 4 heteroatoms. The maximum atomic E-state index is 11.2. The average Bonchev–Trinajstić information content (AvgIpc) is 3.16. The smallest absolute Gasteiger partial charge is 0.225 e. The van der Waals surface area contributed by atoms with E-state index in [9.17, 15) is 9.59 Å². The topological polar surface area (TPSA) is 47.0 Å². The van der Waals surface area contributed by atoms with Gasteiger partial charge in [0.25, 0.3) is 0 Å². The first-order chi connectivity index (χ1) is 8.78. The van der Waals surface area contributed by atoms with Crippen molar-refractivity contribution in [3.05, 3.63) is 40.2 Å². The van der Waals surface area contributed by atoms with Crippen molar-refractivity contribution in [3.63, 3.8) is 0 Å². The Morgan fingerprint density at radius 3 is 2.61 bits per heavy atom. The molecule has 3 nitrogen and oxygen atoms in total. The minimum absolute atomic E-state index is 0.336. The highest BCUT2D eigenvalue weighted by molar-refractivity contribution is 7.10. The number of aromatic nitrogens is 1. The van der Waals surface area contributed by atoms with E-state index in [1.807, 2.05) is 17.5 Å². The Morgan fingerprint density at radius 2 is 2.00 bits per heavy atom. The second-order valence-electron chi connectivity index (χ2n) is 4.40. The Hall–Kier alpha value is -1.81. The molecule has 1 aliphatic carbocycles. The Bertz CT molecular complexity index is 597. The predicted molar refractivity (Wildman–Crippen MR) is 69.9 cm³/mol. The number of hydrogen-bond acceptors (Lipinski definition) is 4. The zero-order valence-electron chi connectivity index (χ0n) is 9.63. The molecule has 18 heavy (non-hydrogen) atoms. The molecule has 3 rings (SSSR count). The zero-order chi connectivity index (χ0) is 12.5. The fourth-order valence-electron chi connectivity index (χ4n) is 1.81. The van der Waals surface area contributed by atoms with E-state index in [-0.39, 0.29) is 0 Å². The van der Waals surface area contributed by atoms with Gasteiger partial charge in [0.05, 0.1) is 10.7 Å². The van der Waals surface area contributed by atoms with E-state index in [4.69, 9.17) is 0 Å². The predicted octanol–water partition coefficient (Wildman–Crippen LogP) is 3.07. The zero-order valence-corrected chi connectivity index (χ0v) is 10.4. The van der Waals surface area contributed by atoms with E-state index in [1.165, 1.54) is 17.8 Å². The lowest BCUT2D eigenvalue weighted by molar-refractivity contribution is -0.104. The number of nitrogens with zero attached hydrogens (tertiary/aromatic N) is 1. The van der Waals surface area contributed by atoms with Gasteiger partial charge in [-0.05, 0) is 12.8 Å². The fraction of sp³-hybridized carbons (Fsp3) is 0.214. The molecule has 0 amide bonds. The molecule has 0 aliphatic heterocycles. The number of ketones is 1. The molecule has 0 unspecified atom stereocenters. The van der Waals surface area contributed by atoms with Crippen LogP contribution in [0.2, 0.25) is 0 Å². The molecule has 1 aliphatic rings. The third-order valence-corrected chi connectivity index (χ3v) is 4.03. The van der Waals surface area contributed by atoms with Crippen molar-refractivity contribution in [2.45, 2.75) is 18.8 Å². The number of rotatable bonds is 4. The van der Waals surface area contributed by atoms with Crippen LogP contribution in [0.25, 0.3) is 11.3 Å². The SMILES string of the molecule is O=CC(=O)c1ccc(-c2csc(C3CC3)n2)cc1. The van der Waals surface area contributed by atoms with Crippen LogP contribution in [0.4, 0.5) is 0 Å². The van der Waals surface area contributed by atoms with E-state index >= 15 is 0 Å². The summed E-state index contributed by atoms with van der Waals surface area (Å²) in [5, 5.41) is 3.25. The van der Waals surface area contributed by atoms with E-state index in [0.29, 0.717) is 17.8 Å². The van der Waals surface area contributed by atoms with Crippen LogP contribution in [-0.2, 0) is 4.79 Å². The first kappa shape index (κ1) is 11.3. The number of carbonyl (C=O) groups is 2. The number of Topliss-reactive ketones (excluding diaryl/α,β-unsaturated/α-hetero) is 1. The maximum Gasteiger partial charge on any atom is 0.225 e. The molecule has 90 valence electrons. The summed E-state index contributed by atoms with van der Waals surface area (Å²) in [6.45, 7) is 0. The molecule has 1 aromatic carbocycles. The molecular weight excluding hydrogens is 246 g/mol. The summed E-state index contributed by atoms with van der Waals surface area (Å²) in [6, 6.07) is 7.01. The molecule has 0 bridgehead atoms. The molecule has 1 saturated carbocycles. The van der Waals surface area contributed by atoms with Gasteiger partial charge in [-0.15, -0.1) is 11.3 Å². The van der Waals surface area contributed by atoms with Crippen molar-refractivity contribution in [3.8, 4) is 11.3 Å². The molecule has 0 saturated heterocycles. The van der Waals surface area contributed by atoms with Crippen molar-refractivity contribution >= 4 is 23.4 Å². The first-order valence-corrected chi connectivity index (χ1v) is 6.71. The molecule has 1 fully saturated rings. The van der Waals surface area contributed by atoms with Gasteiger partial charge in [-0.25, -0.2) is 4.98 Å². The summed E-state index contributed by atoms with van der Waals surface area (Å²) < 4.78 is 0. The third-order valence-electron chi connectivity index (χ3n) is 3.02. The average molecular weight is 257 g/mol. The van der Waals surface area contributed by atoms with E-state index in [1.54, 1.807) is 23.5 Å². The third kappa shape index (κ3) is 2.11. The number of aldehydes is 1. The number of benzene rings is 1. The summed E-state index contributed by atoms with van der Waals surface area (Å²) in [5.74, 6) is 0.179. The van der Waals surface area contributed by atoms with Crippen molar-refractivity contribution in [1.29, 1.82) is 0 Å². The largest absolute Gasteiger partial charge is 0.294 e. The summed E-state index contributed by atoms with van der Waals surface area (Å²) in [6.07, 6.45) is 2.84. The lowest BCUT2D eigenvalue weighted by atomic mass is 10.1. The standard InChI is InChI=1S/C14H11NO2S/c16-7-13(17)10-3-1-9(2-4-10)12-8-18-14(15-12)11-5-6-11/h1-4,7-8,11H,5-6H2. The molecule has 0 radical (unpaired) electrons. The van der Waals surface area contributed by atoms with Crippen LogP contribution in [0.1, 0.15) is 34.1 Å². The normalized spacial score (nSPS) is 14.4. The Morgan fingerprint density at radius 1 is 1.28 bits per heavy atom. The first-order valence-electron chi connectivity index (χ1n) is 5.83. The van der Waals surface area contributed by atoms with Gasteiger partial charge in [-0.2, -0.15) is 0 Å². The quantitative estimate of drug-likeness (QED) is 0.480. The molecule has 2 aromatic rings. The van der Waals surface area contributed by atoms with E-state index < -0.39 is 5.78 Å². The summed E-state index contributed by atoms with van der Waals surface area (Å²) in [5.41, 5.74) is 2.36. The number of thiazole rings is 1. The van der Waals surface area contributed by atoms with Gasteiger partial charge in [0.2, 0.25) is 5.78 Å².